The molecule has 0 nitrogen and oxygen atoms in total. The molecule has 0 unspecified atom stereocenters. The Morgan fingerprint density at radius 1 is 0.353 bits per heavy atom. The van der Waals surface area contributed by atoms with Gasteiger partial charge < -0.3 is 0 Å². The first-order chi connectivity index (χ1) is 23.4. The monoisotopic (exact) mass is 751 g/mol. The number of hydrogen-bond acceptors (Lipinski definition) is 0. The second-order valence-corrected chi connectivity index (χ2v) is 15.1. The van der Waals surface area contributed by atoms with Crippen molar-refractivity contribution in [2.24, 2.45) is 0 Å². The van der Waals surface area contributed by atoms with Crippen molar-refractivity contribution >= 4 is 0 Å². The minimum Gasteiger partial charge on any atom is -0.180 e. The third-order valence-corrected chi connectivity index (χ3v) is 10.3. The van der Waals surface area contributed by atoms with Gasteiger partial charge in [0.1, 0.15) is 0 Å². The van der Waals surface area contributed by atoms with Gasteiger partial charge in [0.05, 0.1) is 0 Å². The van der Waals surface area contributed by atoms with Crippen molar-refractivity contribution in [2.75, 3.05) is 0 Å². The van der Waals surface area contributed by atoms with E-state index < -0.39 is 0 Å². The molecule has 4 aromatic carbocycles. The van der Waals surface area contributed by atoms with Gasteiger partial charge in [0.25, 0.3) is 0 Å². The van der Waals surface area contributed by atoms with E-state index in [1.165, 1.54) is 113 Å². The van der Waals surface area contributed by atoms with Crippen LogP contribution in [0.3, 0.4) is 0 Å². The molecule has 0 heterocycles. The number of hydrogen-bond donors (Lipinski definition) is 0. The number of benzene rings is 4. The quantitative estimate of drug-likeness (QED) is 0.179. The van der Waals surface area contributed by atoms with Gasteiger partial charge >= 0.3 is 0 Å². The molecule has 1 heteroatoms. The molecule has 2 aliphatic rings. The Labute approximate surface area is 338 Å². The molecular formula is C50H62Y-2. The molecule has 0 spiro atoms. The fourth-order valence-electron chi connectivity index (χ4n) is 6.68. The van der Waals surface area contributed by atoms with Crippen LogP contribution in [0.15, 0.2) is 94.1 Å². The maximum absolute atomic E-state index is 3.14. The first kappa shape index (κ1) is 44.1. The van der Waals surface area contributed by atoms with E-state index in [4.69, 9.17) is 0 Å². The third-order valence-electron chi connectivity index (χ3n) is 10.3. The SMILES string of the molecule is CC1=CC(C)=C(C2=C(C)C=C(C)C2)C1.Cc1[c-]cc(C)c(C)c1.Cc1[c-]cc(C)c(C)c1.Cc1cc(C)c(-c2cc(C)c(C)cc2C)cc1C.[Y]. The summed E-state index contributed by atoms with van der Waals surface area (Å²) in [6.07, 6.45) is 6.98. The van der Waals surface area contributed by atoms with Crippen LogP contribution in [0.4, 0.5) is 0 Å². The van der Waals surface area contributed by atoms with Gasteiger partial charge in [0, 0.05) is 32.7 Å². The second kappa shape index (κ2) is 19.7. The summed E-state index contributed by atoms with van der Waals surface area (Å²) < 4.78 is 0. The summed E-state index contributed by atoms with van der Waals surface area (Å²) in [5.41, 5.74) is 27.9. The van der Waals surface area contributed by atoms with Crippen molar-refractivity contribution in [3.05, 3.63) is 173 Å². The molecule has 0 N–H and O–H groups in total. The number of rotatable bonds is 2. The molecule has 0 fully saturated rings. The topological polar surface area (TPSA) is 0 Å². The maximum Gasteiger partial charge on any atom is 0 e. The molecular weight excluding hydrogens is 689 g/mol. The van der Waals surface area contributed by atoms with Gasteiger partial charge in [-0.25, -0.2) is 0 Å². The maximum atomic E-state index is 3.14. The zero-order valence-corrected chi connectivity index (χ0v) is 37.6. The van der Waals surface area contributed by atoms with Crippen molar-refractivity contribution in [3.63, 3.8) is 0 Å². The van der Waals surface area contributed by atoms with Gasteiger partial charge in [-0.2, -0.15) is 69.8 Å². The Balaban J connectivity index is 0.000000244. The molecule has 0 aromatic heterocycles. The number of aryl methyl sites for hydroxylation is 12. The molecule has 0 saturated carbocycles. The summed E-state index contributed by atoms with van der Waals surface area (Å²) >= 11 is 0. The van der Waals surface area contributed by atoms with Crippen LogP contribution < -0.4 is 0 Å². The van der Waals surface area contributed by atoms with Gasteiger partial charge in [0.15, 0.2) is 0 Å². The predicted molar refractivity (Wildman–Crippen MR) is 221 cm³/mol. The van der Waals surface area contributed by atoms with E-state index in [0.29, 0.717) is 0 Å². The van der Waals surface area contributed by atoms with Gasteiger partial charge in [0.2, 0.25) is 0 Å². The molecule has 0 aliphatic heterocycles. The average Bonchev–Trinajstić information content (AvgIpc) is 3.55. The van der Waals surface area contributed by atoms with E-state index >= 15 is 0 Å². The van der Waals surface area contributed by atoms with Crippen molar-refractivity contribution in [1.29, 1.82) is 0 Å². The summed E-state index contributed by atoms with van der Waals surface area (Å²) in [6, 6.07) is 23.9. The summed E-state index contributed by atoms with van der Waals surface area (Å²) in [4.78, 5) is 0. The van der Waals surface area contributed by atoms with E-state index in [1.54, 1.807) is 11.1 Å². The summed E-state index contributed by atoms with van der Waals surface area (Å²) in [6.45, 7) is 34.6. The summed E-state index contributed by atoms with van der Waals surface area (Å²) in [5, 5.41) is 0. The first-order valence-electron chi connectivity index (χ1n) is 18.2. The zero-order chi connectivity index (χ0) is 37.4. The first-order valence-corrected chi connectivity index (χ1v) is 18.2. The second-order valence-electron chi connectivity index (χ2n) is 15.1. The van der Waals surface area contributed by atoms with Crippen LogP contribution >= 0.6 is 0 Å². The van der Waals surface area contributed by atoms with Gasteiger partial charge in [-0.15, -0.1) is 0 Å². The van der Waals surface area contributed by atoms with Crippen LogP contribution in [0.5, 0.6) is 0 Å². The Bertz CT molecular complexity index is 1840. The van der Waals surface area contributed by atoms with Crippen LogP contribution in [0, 0.1) is 95.2 Å². The molecule has 2 aliphatic carbocycles. The third kappa shape index (κ3) is 12.5. The molecule has 0 atom stereocenters. The van der Waals surface area contributed by atoms with E-state index in [0.717, 1.165) is 0 Å². The molecule has 0 saturated heterocycles. The fourth-order valence-corrected chi connectivity index (χ4v) is 6.68. The number of allylic oxidation sites excluding steroid dienone is 8. The van der Waals surface area contributed by atoms with Crippen molar-refractivity contribution in [2.45, 2.75) is 124 Å². The van der Waals surface area contributed by atoms with E-state index in [9.17, 15) is 0 Å². The predicted octanol–water partition coefficient (Wildman–Crippen LogP) is 14.3. The van der Waals surface area contributed by atoms with Gasteiger partial charge in [-0.3, -0.25) is 0 Å². The summed E-state index contributed by atoms with van der Waals surface area (Å²) in [7, 11) is 0. The van der Waals surface area contributed by atoms with Crippen molar-refractivity contribution in [3.8, 4) is 11.1 Å². The Morgan fingerprint density at radius 2 is 0.647 bits per heavy atom. The van der Waals surface area contributed by atoms with Crippen LogP contribution in [-0.2, 0) is 32.7 Å². The van der Waals surface area contributed by atoms with Gasteiger partial charge in [-0.1, -0.05) is 89.1 Å². The fraction of sp³-hybridized carbons (Fsp3) is 0.360. The normalized spacial score (nSPS) is 13.3. The Hall–Kier alpha value is -3.06. The zero-order valence-electron chi connectivity index (χ0n) is 34.8. The van der Waals surface area contributed by atoms with Crippen LogP contribution in [0.25, 0.3) is 11.1 Å². The molecule has 1 radical (unpaired) electrons. The Morgan fingerprint density at radius 3 is 0.902 bits per heavy atom. The Kier molecular flexibility index (Phi) is 17.0. The van der Waals surface area contributed by atoms with Crippen LogP contribution in [0.1, 0.15) is 107 Å². The summed E-state index contributed by atoms with van der Waals surface area (Å²) in [5.74, 6) is 0. The van der Waals surface area contributed by atoms with Gasteiger partial charge in [-0.05, 0) is 149 Å². The molecule has 4 aromatic rings. The van der Waals surface area contributed by atoms with E-state index in [2.05, 4.69) is 171 Å². The largest absolute Gasteiger partial charge is 0.180 e. The average molecular weight is 752 g/mol. The minimum atomic E-state index is 0. The van der Waals surface area contributed by atoms with E-state index in [-0.39, 0.29) is 32.7 Å². The van der Waals surface area contributed by atoms with Crippen LogP contribution in [-0.4, -0.2) is 0 Å². The van der Waals surface area contributed by atoms with E-state index in [1.807, 2.05) is 12.1 Å². The molecule has 0 bridgehead atoms. The standard InChI is InChI=1S/C18H22.C14H18.2C9H11.Y/c1-11-7-15(5)17(9-13(11)3)18-10-14(4)12(2)8-16(18)6;1-9-5-11(3)13(7-9)14-8-10(2)6-12(14)4;2*1-7-4-5-8(2)9(3)6-7;/h7-10H,1-6H3;5-6H,7-8H2,1-4H3;2*5-6H,1-3H3;/q;;2*-1;. The van der Waals surface area contributed by atoms with Crippen molar-refractivity contribution < 1.29 is 32.7 Å². The molecule has 51 heavy (non-hydrogen) atoms. The smallest absolute Gasteiger partial charge is 0 e. The molecule has 0 amide bonds. The van der Waals surface area contributed by atoms with Crippen LogP contribution in [0.2, 0.25) is 0 Å². The minimum absolute atomic E-state index is 0. The molecule has 267 valence electrons. The van der Waals surface area contributed by atoms with Crippen molar-refractivity contribution in [1.82, 2.24) is 0 Å². The molecule has 6 rings (SSSR count).